The average Bonchev–Trinajstić information content (AvgIpc) is 3.27. The van der Waals surface area contributed by atoms with E-state index in [-0.39, 0.29) is 12.1 Å². The summed E-state index contributed by atoms with van der Waals surface area (Å²) in [5, 5.41) is 6.94. The fraction of sp³-hybridized carbons (Fsp3) is 0.474. The Bertz CT molecular complexity index is 696. The van der Waals surface area contributed by atoms with E-state index in [9.17, 15) is 4.79 Å². The van der Waals surface area contributed by atoms with Gasteiger partial charge in [-0.25, -0.2) is 4.79 Å². The van der Waals surface area contributed by atoms with Crippen molar-refractivity contribution in [1.82, 2.24) is 15.4 Å². The molecule has 0 unspecified atom stereocenters. The van der Waals surface area contributed by atoms with Crippen molar-refractivity contribution < 1.29 is 14.1 Å². The number of amides is 2. The summed E-state index contributed by atoms with van der Waals surface area (Å²) in [6.07, 6.45) is 1.89. The van der Waals surface area contributed by atoms with Crippen LogP contribution in [0.2, 0.25) is 0 Å². The number of rotatable bonds is 6. The molecular weight excluding hydrogens is 318 g/mol. The van der Waals surface area contributed by atoms with Crippen molar-refractivity contribution >= 4 is 6.03 Å². The Morgan fingerprint density at radius 3 is 2.80 bits per heavy atom. The van der Waals surface area contributed by atoms with Gasteiger partial charge >= 0.3 is 6.03 Å². The van der Waals surface area contributed by atoms with E-state index in [1.165, 1.54) is 0 Å². The zero-order chi connectivity index (χ0) is 17.6. The van der Waals surface area contributed by atoms with Gasteiger partial charge in [-0.15, -0.1) is 0 Å². The third-order valence-corrected chi connectivity index (χ3v) is 4.43. The van der Waals surface area contributed by atoms with Crippen LogP contribution in [0.15, 0.2) is 34.9 Å². The fourth-order valence-electron chi connectivity index (χ4n) is 3.10. The third kappa shape index (κ3) is 4.39. The summed E-state index contributed by atoms with van der Waals surface area (Å²) in [5.74, 6) is 0.769. The van der Waals surface area contributed by atoms with E-state index in [4.69, 9.17) is 9.26 Å². The number of ether oxygens (including phenoxy) is 1. The van der Waals surface area contributed by atoms with Crippen LogP contribution in [0.4, 0.5) is 4.79 Å². The van der Waals surface area contributed by atoms with E-state index >= 15 is 0 Å². The highest BCUT2D eigenvalue weighted by molar-refractivity contribution is 5.75. The van der Waals surface area contributed by atoms with Crippen LogP contribution in [0.25, 0.3) is 0 Å². The lowest BCUT2D eigenvalue weighted by molar-refractivity contribution is 0.134. The van der Waals surface area contributed by atoms with E-state index in [0.717, 1.165) is 42.0 Å². The standard InChI is InChI=1S/C19H25N3O3/c1-3-24-13-16-8-6-15(7-9-16)12-20-19(23)22-10-4-5-17(22)18-11-14(2)21-25-18/h6-9,11,17H,3-5,10,12-13H2,1-2H3,(H,20,23)/t17-/m0/s1. The maximum absolute atomic E-state index is 12.6. The van der Waals surface area contributed by atoms with Gasteiger partial charge in [0.15, 0.2) is 5.76 Å². The van der Waals surface area contributed by atoms with Gasteiger partial charge in [0.1, 0.15) is 0 Å². The molecule has 1 N–H and O–H groups in total. The average molecular weight is 343 g/mol. The number of nitrogens with zero attached hydrogens (tertiary/aromatic N) is 2. The maximum atomic E-state index is 12.6. The lowest BCUT2D eigenvalue weighted by Gasteiger charge is -2.23. The Labute approximate surface area is 148 Å². The number of hydrogen-bond acceptors (Lipinski definition) is 4. The molecule has 134 valence electrons. The monoisotopic (exact) mass is 343 g/mol. The van der Waals surface area contributed by atoms with Gasteiger partial charge in [0.05, 0.1) is 18.3 Å². The van der Waals surface area contributed by atoms with Gasteiger partial charge in [0.2, 0.25) is 0 Å². The smallest absolute Gasteiger partial charge is 0.318 e. The molecule has 0 aliphatic carbocycles. The number of carbonyl (C=O) groups is 1. The first-order valence-electron chi connectivity index (χ1n) is 8.80. The lowest BCUT2D eigenvalue weighted by atomic mass is 10.1. The molecule has 1 aromatic carbocycles. The predicted molar refractivity (Wildman–Crippen MR) is 93.9 cm³/mol. The van der Waals surface area contributed by atoms with Gasteiger partial charge in [-0.1, -0.05) is 29.4 Å². The van der Waals surface area contributed by atoms with Crippen molar-refractivity contribution in [2.24, 2.45) is 0 Å². The second-order valence-corrected chi connectivity index (χ2v) is 6.33. The van der Waals surface area contributed by atoms with E-state index < -0.39 is 0 Å². The summed E-state index contributed by atoms with van der Waals surface area (Å²) in [5.41, 5.74) is 3.05. The van der Waals surface area contributed by atoms with Crippen molar-refractivity contribution in [3.05, 3.63) is 52.9 Å². The van der Waals surface area contributed by atoms with Gasteiger partial charge in [0, 0.05) is 25.8 Å². The number of aryl methyl sites for hydroxylation is 1. The molecule has 2 aromatic rings. The van der Waals surface area contributed by atoms with E-state index in [2.05, 4.69) is 10.5 Å². The second-order valence-electron chi connectivity index (χ2n) is 6.33. The van der Waals surface area contributed by atoms with Gasteiger partial charge in [-0.3, -0.25) is 0 Å². The largest absolute Gasteiger partial charge is 0.377 e. The minimum absolute atomic E-state index is 0.0187. The highest BCUT2D eigenvalue weighted by atomic mass is 16.5. The van der Waals surface area contributed by atoms with Crippen LogP contribution in [0.5, 0.6) is 0 Å². The number of likely N-dealkylation sites (tertiary alicyclic amines) is 1. The summed E-state index contributed by atoms with van der Waals surface area (Å²) >= 11 is 0. The van der Waals surface area contributed by atoms with Crippen molar-refractivity contribution in [3.63, 3.8) is 0 Å². The van der Waals surface area contributed by atoms with Gasteiger partial charge in [-0.05, 0) is 37.8 Å². The molecule has 6 heteroatoms. The number of benzene rings is 1. The van der Waals surface area contributed by atoms with Crippen LogP contribution >= 0.6 is 0 Å². The van der Waals surface area contributed by atoms with Crippen LogP contribution in [-0.2, 0) is 17.9 Å². The van der Waals surface area contributed by atoms with Crippen LogP contribution < -0.4 is 5.32 Å². The fourth-order valence-corrected chi connectivity index (χ4v) is 3.10. The zero-order valence-corrected chi connectivity index (χ0v) is 14.8. The topological polar surface area (TPSA) is 67.6 Å². The molecule has 1 atom stereocenters. The van der Waals surface area contributed by atoms with Crippen molar-refractivity contribution in [3.8, 4) is 0 Å². The van der Waals surface area contributed by atoms with Crippen LogP contribution in [0.1, 0.15) is 48.4 Å². The number of nitrogens with one attached hydrogen (secondary N) is 1. The molecule has 0 bridgehead atoms. The summed E-state index contributed by atoms with van der Waals surface area (Å²) in [4.78, 5) is 14.4. The van der Waals surface area contributed by atoms with Crippen LogP contribution in [0, 0.1) is 6.92 Å². The third-order valence-electron chi connectivity index (χ3n) is 4.43. The second kappa shape index (κ2) is 8.16. The Kier molecular flexibility index (Phi) is 5.71. The van der Waals surface area contributed by atoms with Crippen LogP contribution in [-0.4, -0.2) is 29.2 Å². The minimum Gasteiger partial charge on any atom is -0.377 e. The quantitative estimate of drug-likeness (QED) is 0.871. The van der Waals surface area contributed by atoms with Crippen molar-refractivity contribution in [2.45, 2.75) is 45.9 Å². The van der Waals surface area contributed by atoms with E-state index in [1.54, 1.807) is 0 Å². The number of carbonyl (C=O) groups excluding carboxylic acids is 1. The van der Waals surface area contributed by atoms with Crippen molar-refractivity contribution in [2.75, 3.05) is 13.2 Å². The number of hydrogen-bond donors (Lipinski definition) is 1. The Balaban J connectivity index is 1.55. The molecule has 2 amide bonds. The molecule has 6 nitrogen and oxygen atoms in total. The zero-order valence-electron chi connectivity index (χ0n) is 14.8. The summed E-state index contributed by atoms with van der Waals surface area (Å²) in [6, 6.07) is 9.95. The van der Waals surface area contributed by atoms with Gasteiger partial charge in [-0.2, -0.15) is 0 Å². The first kappa shape index (κ1) is 17.5. The number of urea groups is 1. The Morgan fingerprint density at radius 1 is 1.36 bits per heavy atom. The molecule has 0 spiro atoms. The summed E-state index contributed by atoms with van der Waals surface area (Å²) in [6.45, 7) is 6.45. The first-order valence-corrected chi connectivity index (χ1v) is 8.80. The minimum atomic E-state index is -0.0602. The first-order chi connectivity index (χ1) is 12.2. The highest BCUT2D eigenvalue weighted by Crippen LogP contribution is 2.32. The van der Waals surface area contributed by atoms with Gasteiger partial charge in [0.25, 0.3) is 0 Å². The maximum Gasteiger partial charge on any atom is 0.318 e. The molecule has 1 saturated heterocycles. The van der Waals surface area contributed by atoms with E-state index in [1.807, 2.05) is 49.1 Å². The predicted octanol–water partition coefficient (Wildman–Crippen LogP) is 3.57. The molecule has 1 aliphatic rings. The summed E-state index contributed by atoms with van der Waals surface area (Å²) in [7, 11) is 0. The molecule has 1 aromatic heterocycles. The number of aromatic nitrogens is 1. The molecule has 25 heavy (non-hydrogen) atoms. The molecule has 1 fully saturated rings. The Morgan fingerprint density at radius 2 is 2.12 bits per heavy atom. The molecule has 2 heterocycles. The highest BCUT2D eigenvalue weighted by Gasteiger charge is 2.32. The van der Waals surface area contributed by atoms with E-state index in [0.29, 0.717) is 19.8 Å². The normalized spacial score (nSPS) is 17.0. The van der Waals surface area contributed by atoms with Crippen molar-refractivity contribution in [1.29, 1.82) is 0 Å². The molecule has 3 rings (SSSR count). The summed E-state index contributed by atoms with van der Waals surface area (Å²) < 4.78 is 10.7. The molecule has 0 saturated carbocycles. The van der Waals surface area contributed by atoms with Gasteiger partial charge < -0.3 is 19.5 Å². The molecule has 0 radical (unpaired) electrons. The SMILES string of the molecule is CCOCc1ccc(CNC(=O)N2CCC[C@H]2c2cc(C)no2)cc1. The Hall–Kier alpha value is -2.34. The molecule has 1 aliphatic heterocycles. The molecular formula is C19H25N3O3. The lowest BCUT2D eigenvalue weighted by Crippen LogP contribution is -2.39. The van der Waals surface area contributed by atoms with Crippen LogP contribution in [0.3, 0.4) is 0 Å².